The minimum atomic E-state index is -0.840. The van der Waals surface area contributed by atoms with Crippen LogP contribution in [-0.4, -0.2) is 32.6 Å². The van der Waals surface area contributed by atoms with E-state index in [1.165, 1.54) is 0 Å². The van der Waals surface area contributed by atoms with Gasteiger partial charge < -0.3 is 14.8 Å². The molecule has 0 aliphatic carbocycles. The number of hydrogen-bond donors (Lipinski definition) is 2. The van der Waals surface area contributed by atoms with Crippen LogP contribution < -0.4 is 4.74 Å². The Morgan fingerprint density at radius 2 is 2.08 bits per heavy atom. The smallest absolute Gasteiger partial charge is 0.303 e. The van der Waals surface area contributed by atoms with E-state index in [1.54, 1.807) is 12.4 Å². The number of fused-ring (bicyclic) bond motifs is 1. The van der Waals surface area contributed by atoms with Crippen LogP contribution in [-0.2, 0) is 11.2 Å². The van der Waals surface area contributed by atoms with Gasteiger partial charge in [-0.15, -0.1) is 0 Å². The molecule has 24 heavy (non-hydrogen) atoms. The molecule has 0 saturated heterocycles. The molecule has 2 N–H and O–H groups in total. The fourth-order valence-electron chi connectivity index (χ4n) is 2.78. The lowest BCUT2D eigenvalue weighted by Gasteiger charge is -2.12. The number of carbonyl (C=O) groups is 1. The molecule has 0 saturated carbocycles. The first kappa shape index (κ1) is 16.0. The van der Waals surface area contributed by atoms with E-state index in [0.717, 1.165) is 28.1 Å². The van der Waals surface area contributed by atoms with Gasteiger partial charge in [0, 0.05) is 29.9 Å². The van der Waals surface area contributed by atoms with E-state index in [0.29, 0.717) is 24.2 Å². The van der Waals surface area contributed by atoms with Gasteiger partial charge in [0.2, 0.25) is 0 Å². The average Bonchev–Trinajstić information content (AvgIpc) is 2.92. The second kappa shape index (κ2) is 6.70. The fraction of sp³-hybridized carbons (Fsp3) is 0.278. The van der Waals surface area contributed by atoms with Crippen molar-refractivity contribution in [1.29, 1.82) is 0 Å². The Kier molecular flexibility index (Phi) is 4.46. The number of nitrogens with one attached hydrogen (secondary N) is 1. The van der Waals surface area contributed by atoms with Crippen LogP contribution in [0.2, 0.25) is 0 Å². The lowest BCUT2D eigenvalue weighted by molar-refractivity contribution is -0.136. The van der Waals surface area contributed by atoms with E-state index in [-0.39, 0.29) is 6.42 Å². The Bertz CT molecular complexity index is 886. The topological polar surface area (TPSA) is 88.1 Å². The first-order valence-electron chi connectivity index (χ1n) is 7.87. The highest BCUT2D eigenvalue weighted by Gasteiger charge is 2.18. The van der Waals surface area contributed by atoms with Gasteiger partial charge in [-0.1, -0.05) is 6.07 Å². The molecule has 3 rings (SSSR count). The summed E-state index contributed by atoms with van der Waals surface area (Å²) >= 11 is 0. The number of aromatic amines is 1. The maximum absolute atomic E-state index is 11.0. The normalized spacial score (nSPS) is 10.9. The highest BCUT2D eigenvalue weighted by molar-refractivity contribution is 5.87. The van der Waals surface area contributed by atoms with Crippen LogP contribution in [0.5, 0.6) is 5.75 Å². The average molecular weight is 325 g/mol. The molecule has 0 atom stereocenters. The van der Waals surface area contributed by atoms with Gasteiger partial charge in [-0.05, 0) is 38.0 Å². The Labute approximate surface area is 139 Å². The number of nitrogens with zero attached hydrogens (tertiary/aromatic N) is 2. The quantitative estimate of drug-likeness (QED) is 0.725. The van der Waals surface area contributed by atoms with E-state index in [2.05, 4.69) is 15.0 Å². The van der Waals surface area contributed by atoms with Gasteiger partial charge in [-0.3, -0.25) is 9.78 Å². The SMILES string of the molecule is CCOc1cc(C)ccc1-c1[nH]c2nccnc2c1CCC(=O)O. The Morgan fingerprint density at radius 3 is 2.83 bits per heavy atom. The van der Waals surface area contributed by atoms with Crippen molar-refractivity contribution < 1.29 is 14.6 Å². The first-order chi connectivity index (χ1) is 11.6. The first-order valence-corrected chi connectivity index (χ1v) is 7.87. The molecule has 0 amide bonds. The van der Waals surface area contributed by atoms with Crippen molar-refractivity contribution in [3.05, 3.63) is 41.7 Å². The molecule has 0 aliphatic heterocycles. The second-order valence-electron chi connectivity index (χ2n) is 5.56. The number of carboxylic acids is 1. The largest absolute Gasteiger partial charge is 0.493 e. The number of hydrogen-bond acceptors (Lipinski definition) is 4. The van der Waals surface area contributed by atoms with Gasteiger partial charge in [0.05, 0.1) is 12.3 Å². The fourth-order valence-corrected chi connectivity index (χ4v) is 2.78. The van der Waals surface area contributed by atoms with E-state index in [1.807, 2.05) is 32.0 Å². The van der Waals surface area contributed by atoms with Gasteiger partial charge in [0.1, 0.15) is 11.3 Å². The van der Waals surface area contributed by atoms with Gasteiger partial charge in [-0.2, -0.15) is 0 Å². The standard InChI is InChI=1S/C18H19N3O3/c1-3-24-14-10-11(2)4-5-12(14)16-13(6-7-15(22)23)17-18(21-16)20-9-8-19-17/h4-5,8-10H,3,6-7H2,1-2H3,(H,20,21)(H,22,23). The zero-order valence-electron chi connectivity index (χ0n) is 13.7. The van der Waals surface area contributed by atoms with Crippen molar-refractivity contribution in [2.45, 2.75) is 26.7 Å². The monoisotopic (exact) mass is 325 g/mol. The van der Waals surface area contributed by atoms with Crippen LogP contribution in [0, 0.1) is 6.92 Å². The van der Waals surface area contributed by atoms with Crippen LogP contribution in [0.3, 0.4) is 0 Å². The highest BCUT2D eigenvalue weighted by Crippen LogP contribution is 2.36. The molecule has 0 radical (unpaired) electrons. The summed E-state index contributed by atoms with van der Waals surface area (Å²) in [4.78, 5) is 23.0. The molecule has 2 heterocycles. The molecule has 0 spiro atoms. The third-order valence-corrected chi connectivity index (χ3v) is 3.82. The predicted molar refractivity (Wildman–Crippen MR) is 91.2 cm³/mol. The number of aliphatic carboxylic acids is 1. The van der Waals surface area contributed by atoms with Gasteiger partial charge in [0.15, 0.2) is 5.65 Å². The summed E-state index contributed by atoms with van der Waals surface area (Å²) in [6.45, 7) is 4.50. The summed E-state index contributed by atoms with van der Waals surface area (Å²) in [5.74, 6) is -0.0752. The van der Waals surface area contributed by atoms with Crippen molar-refractivity contribution in [3.8, 4) is 17.0 Å². The zero-order valence-corrected chi connectivity index (χ0v) is 13.7. The molecular formula is C18H19N3O3. The van der Waals surface area contributed by atoms with Crippen LogP contribution >= 0.6 is 0 Å². The van der Waals surface area contributed by atoms with Crippen LogP contribution in [0.25, 0.3) is 22.4 Å². The predicted octanol–water partition coefficient (Wildman–Crippen LogP) is 3.35. The van der Waals surface area contributed by atoms with Crippen LogP contribution in [0.15, 0.2) is 30.6 Å². The summed E-state index contributed by atoms with van der Waals surface area (Å²) in [5, 5.41) is 9.05. The molecule has 0 aliphatic rings. The number of aryl methyl sites for hydroxylation is 2. The second-order valence-corrected chi connectivity index (χ2v) is 5.56. The molecule has 6 heteroatoms. The molecule has 3 aromatic rings. The van der Waals surface area contributed by atoms with E-state index in [9.17, 15) is 4.79 Å². The lowest BCUT2D eigenvalue weighted by Crippen LogP contribution is -2.00. The van der Waals surface area contributed by atoms with E-state index < -0.39 is 5.97 Å². The van der Waals surface area contributed by atoms with Gasteiger partial charge in [-0.25, -0.2) is 4.98 Å². The maximum atomic E-state index is 11.0. The molecular weight excluding hydrogens is 306 g/mol. The van der Waals surface area contributed by atoms with Crippen molar-refractivity contribution in [2.24, 2.45) is 0 Å². The molecule has 2 aromatic heterocycles. The van der Waals surface area contributed by atoms with Gasteiger partial charge in [0.25, 0.3) is 0 Å². The summed E-state index contributed by atoms with van der Waals surface area (Å²) in [6.07, 6.45) is 3.64. The van der Waals surface area contributed by atoms with E-state index >= 15 is 0 Å². The minimum Gasteiger partial charge on any atom is -0.493 e. The lowest BCUT2D eigenvalue weighted by atomic mass is 10.0. The summed E-state index contributed by atoms with van der Waals surface area (Å²) in [6, 6.07) is 5.96. The minimum absolute atomic E-state index is 0.0341. The number of benzene rings is 1. The van der Waals surface area contributed by atoms with Crippen molar-refractivity contribution in [2.75, 3.05) is 6.61 Å². The molecule has 124 valence electrons. The van der Waals surface area contributed by atoms with Crippen LogP contribution in [0.1, 0.15) is 24.5 Å². The molecule has 0 bridgehead atoms. The van der Waals surface area contributed by atoms with Crippen molar-refractivity contribution in [1.82, 2.24) is 15.0 Å². The van der Waals surface area contributed by atoms with E-state index in [4.69, 9.17) is 9.84 Å². The molecule has 6 nitrogen and oxygen atoms in total. The molecule has 0 unspecified atom stereocenters. The third kappa shape index (κ3) is 3.08. The Balaban J connectivity index is 2.18. The molecule has 0 fully saturated rings. The van der Waals surface area contributed by atoms with Crippen LogP contribution in [0.4, 0.5) is 0 Å². The Morgan fingerprint density at radius 1 is 1.29 bits per heavy atom. The summed E-state index contributed by atoms with van der Waals surface area (Å²) in [5.41, 5.74) is 5.02. The van der Waals surface area contributed by atoms with Crippen molar-refractivity contribution in [3.63, 3.8) is 0 Å². The summed E-state index contributed by atoms with van der Waals surface area (Å²) < 4.78 is 5.77. The number of rotatable bonds is 6. The van der Waals surface area contributed by atoms with Gasteiger partial charge >= 0.3 is 5.97 Å². The third-order valence-electron chi connectivity index (χ3n) is 3.82. The van der Waals surface area contributed by atoms with Crippen molar-refractivity contribution >= 4 is 17.1 Å². The maximum Gasteiger partial charge on any atom is 0.303 e. The Hall–Kier alpha value is -2.89. The summed E-state index contributed by atoms with van der Waals surface area (Å²) in [7, 11) is 0. The molecule has 1 aromatic carbocycles. The number of ether oxygens (including phenoxy) is 1. The number of carboxylic acid groups (broad SMARTS) is 1. The number of aromatic nitrogens is 3. The highest BCUT2D eigenvalue weighted by atomic mass is 16.5. The zero-order chi connectivity index (χ0) is 17.1. The number of H-pyrrole nitrogens is 1.